The maximum absolute atomic E-state index is 7.72. The highest BCUT2D eigenvalue weighted by molar-refractivity contribution is 5.40. The van der Waals surface area contributed by atoms with Crippen LogP contribution in [0.15, 0.2) is 146 Å². The fourth-order valence-corrected chi connectivity index (χ4v) is 7.65. The molecular weight excluding hydrogens is 673 g/mol. The molecule has 0 radical (unpaired) electrons. The highest BCUT2D eigenvalue weighted by Crippen LogP contribution is 2.40. The van der Waals surface area contributed by atoms with Crippen molar-refractivity contribution in [3.8, 4) is 23.0 Å². The number of ether oxygens (including phenoxy) is 3. The van der Waals surface area contributed by atoms with E-state index in [0.29, 0.717) is 12.8 Å². The van der Waals surface area contributed by atoms with Gasteiger partial charge in [-0.25, -0.2) is 0 Å². The predicted molar refractivity (Wildman–Crippen MR) is 229 cm³/mol. The van der Waals surface area contributed by atoms with Gasteiger partial charge in [0.2, 0.25) is 0 Å². The largest absolute Gasteiger partial charge is 0.457 e. The zero-order valence-electron chi connectivity index (χ0n) is 34.1. The Morgan fingerprint density at radius 3 is 1.18 bits per heavy atom. The van der Waals surface area contributed by atoms with Crippen LogP contribution in [-0.2, 0) is 41.3 Å². The minimum atomic E-state index is -0.331. The number of hydrogen-bond donors (Lipinski definition) is 0. The second kappa shape index (κ2) is 17.6. The molecule has 55 heavy (non-hydrogen) atoms. The summed E-state index contributed by atoms with van der Waals surface area (Å²) in [5.41, 5.74) is 9.65. The van der Waals surface area contributed by atoms with Gasteiger partial charge in [0.15, 0.2) is 0 Å². The Morgan fingerprint density at radius 2 is 0.818 bits per heavy atom. The van der Waals surface area contributed by atoms with E-state index < -0.39 is 0 Å². The molecule has 6 aromatic rings. The van der Waals surface area contributed by atoms with Crippen LogP contribution in [0.3, 0.4) is 0 Å². The number of benzene rings is 6. The first-order chi connectivity index (χ1) is 26.5. The summed E-state index contributed by atoms with van der Waals surface area (Å²) in [5.74, 6) is 3.29. The van der Waals surface area contributed by atoms with E-state index in [1.807, 2.05) is 72.8 Å². The molecule has 0 spiro atoms. The monoisotopic (exact) mass is 730 g/mol. The van der Waals surface area contributed by atoms with Crippen molar-refractivity contribution in [1.29, 1.82) is 0 Å². The van der Waals surface area contributed by atoms with Crippen LogP contribution >= 0.6 is 0 Å². The van der Waals surface area contributed by atoms with Gasteiger partial charge in [-0.1, -0.05) is 139 Å². The Bertz CT molecular complexity index is 1990. The van der Waals surface area contributed by atoms with Crippen molar-refractivity contribution in [1.82, 2.24) is 0 Å². The van der Waals surface area contributed by atoms with Crippen LogP contribution in [0.4, 0.5) is 0 Å². The predicted octanol–water partition coefficient (Wildman–Crippen LogP) is 13.5. The van der Waals surface area contributed by atoms with Crippen molar-refractivity contribution >= 4 is 0 Å². The van der Waals surface area contributed by atoms with Gasteiger partial charge >= 0.3 is 0 Å². The molecule has 0 N–H and O–H groups in total. The molecule has 0 saturated carbocycles. The Morgan fingerprint density at radius 1 is 0.436 bits per heavy atom. The molecule has 0 heterocycles. The molecule has 0 amide bonds. The highest BCUT2D eigenvalue weighted by Gasteiger charge is 2.40. The average Bonchev–Trinajstić information content (AvgIpc) is 3.18. The minimum absolute atomic E-state index is 0.171. The molecule has 0 aliphatic heterocycles. The third-order valence-electron chi connectivity index (χ3n) is 11.5. The molecule has 3 heteroatoms. The molecule has 0 saturated heterocycles. The SMILES string of the molecule is CCc1ccc(C(C)(C)C(Cc2cccc(Oc3ccccc3)c2)OC(Cc2cccc(Oc3ccccc3)c2)C(C)(C)c2ccc(CC)c(C)c2)cc1C. The molecule has 2 unspecified atom stereocenters. The second-order valence-electron chi connectivity index (χ2n) is 16.1. The zero-order valence-corrected chi connectivity index (χ0v) is 34.1. The summed E-state index contributed by atoms with van der Waals surface area (Å²) in [6, 6.07) is 50.9. The van der Waals surface area contributed by atoms with Gasteiger partial charge in [0.05, 0.1) is 12.2 Å². The maximum atomic E-state index is 7.72. The normalized spacial score (nSPS) is 12.9. The smallest absolute Gasteiger partial charge is 0.127 e. The van der Waals surface area contributed by atoms with E-state index in [2.05, 4.69) is 128 Å². The average molecular weight is 731 g/mol. The fraction of sp³-hybridized carbons (Fsp3) is 0.308. The van der Waals surface area contributed by atoms with Gasteiger partial charge in [-0.15, -0.1) is 0 Å². The van der Waals surface area contributed by atoms with Crippen molar-refractivity contribution in [2.75, 3.05) is 0 Å². The lowest BCUT2D eigenvalue weighted by Crippen LogP contribution is -2.46. The van der Waals surface area contributed by atoms with E-state index in [1.165, 1.54) is 44.5 Å². The molecule has 0 aromatic heterocycles. The Hall–Kier alpha value is -5.12. The number of para-hydroxylation sites is 2. The van der Waals surface area contributed by atoms with E-state index >= 15 is 0 Å². The quantitative estimate of drug-likeness (QED) is 0.0992. The van der Waals surface area contributed by atoms with Gasteiger partial charge in [-0.05, 0) is 133 Å². The van der Waals surface area contributed by atoms with Gasteiger partial charge in [-0.3, -0.25) is 0 Å². The summed E-state index contributed by atoms with van der Waals surface area (Å²) in [5, 5.41) is 0. The summed E-state index contributed by atoms with van der Waals surface area (Å²) >= 11 is 0. The Labute approximate surface area is 330 Å². The second-order valence-corrected chi connectivity index (χ2v) is 16.1. The van der Waals surface area contributed by atoms with Crippen LogP contribution in [0.5, 0.6) is 23.0 Å². The van der Waals surface area contributed by atoms with Gasteiger partial charge in [-0.2, -0.15) is 0 Å². The van der Waals surface area contributed by atoms with Gasteiger partial charge < -0.3 is 14.2 Å². The first-order valence-corrected chi connectivity index (χ1v) is 20.0. The first kappa shape index (κ1) is 39.6. The van der Waals surface area contributed by atoms with Gasteiger partial charge in [0, 0.05) is 10.8 Å². The van der Waals surface area contributed by atoms with E-state index in [-0.39, 0.29) is 23.0 Å². The molecule has 0 fully saturated rings. The van der Waals surface area contributed by atoms with Gasteiger partial charge in [0.25, 0.3) is 0 Å². The van der Waals surface area contributed by atoms with Crippen molar-refractivity contribution in [2.45, 2.75) is 104 Å². The number of aryl methyl sites for hydroxylation is 4. The lowest BCUT2D eigenvalue weighted by atomic mass is 9.73. The highest BCUT2D eigenvalue weighted by atomic mass is 16.5. The first-order valence-electron chi connectivity index (χ1n) is 20.0. The molecule has 284 valence electrons. The topological polar surface area (TPSA) is 27.7 Å². The fourth-order valence-electron chi connectivity index (χ4n) is 7.65. The van der Waals surface area contributed by atoms with Gasteiger partial charge in [0.1, 0.15) is 23.0 Å². The van der Waals surface area contributed by atoms with Crippen LogP contribution in [-0.4, -0.2) is 12.2 Å². The van der Waals surface area contributed by atoms with E-state index in [4.69, 9.17) is 14.2 Å². The maximum Gasteiger partial charge on any atom is 0.127 e. The molecule has 0 aliphatic carbocycles. The molecule has 0 bridgehead atoms. The van der Waals surface area contributed by atoms with E-state index in [0.717, 1.165) is 35.8 Å². The van der Waals surface area contributed by atoms with E-state index in [9.17, 15) is 0 Å². The zero-order chi connectivity index (χ0) is 39.0. The van der Waals surface area contributed by atoms with Crippen LogP contribution in [0.1, 0.15) is 86.1 Å². The summed E-state index contributed by atoms with van der Waals surface area (Å²) in [6.45, 7) is 18.3. The molecule has 6 rings (SSSR count). The van der Waals surface area contributed by atoms with Crippen molar-refractivity contribution in [3.63, 3.8) is 0 Å². The van der Waals surface area contributed by atoms with Crippen molar-refractivity contribution in [3.05, 3.63) is 190 Å². The van der Waals surface area contributed by atoms with Crippen molar-refractivity contribution < 1.29 is 14.2 Å². The third-order valence-corrected chi connectivity index (χ3v) is 11.5. The number of rotatable bonds is 16. The molecule has 0 aliphatic rings. The van der Waals surface area contributed by atoms with Crippen molar-refractivity contribution in [2.24, 2.45) is 0 Å². The lowest BCUT2D eigenvalue weighted by Gasteiger charge is -2.43. The lowest BCUT2D eigenvalue weighted by molar-refractivity contribution is -0.0753. The molecule has 3 nitrogen and oxygen atoms in total. The molecule has 2 atom stereocenters. The Balaban J connectivity index is 1.41. The Kier molecular flexibility index (Phi) is 12.6. The van der Waals surface area contributed by atoms with Crippen LogP contribution < -0.4 is 9.47 Å². The summed E-state index contributed by atoms with van der Waals surface area (Å²) in [4.78, 5) is 0. The van der Waals surface area contributed by atoms with E-state index in [1.54, 1.807) is 0 Å². The van der Waals surface area contributed by atoms with Crippen LogP contribution in [0.25, 0.3) is 0 Å². The third kappa shape index (κ3) is 9.77. The number of hydrogen-bond acceptors (Lipinski definition) is 3. The van der Waals surface area contributed by atoms with Crippen LogP contribution in [0, 0.1) is 13.8 Å². The molecule has 6 aromatic carbocycles. The standard InChI is InChI=1S/C52H58O3/c1-9-41-27-29-43(31-37(41)3)51(5,6)49(35-39-19-17-25-47(33-39)53-45-21-13-11-14-22-45)55-50(52(7,8)44-30-28-42(10-2)38(4)32-44)36-40-20-18-26-48(34-40)54-46-23-15-12-16-24-46/h11-34,49-50H,9-10,35-36H2,1-8H3. The minimum Gasteiger partial charge on any atom is -0.457 e. The summed E-state index contributed by atoms with van der Waals surface area (Å²) in [7, 11) is 0. The van der Waals surface area contributed by atoms with Crippen LogP contribution in [0.2, 0.25) is 0 Å². The summed E-state index contributed by atoms with van der Waals surface area (Å²) < 4.78 is 20.4. The molecular formula is C52H58O3. The summed E-state index contributed by atoms with van der Waals surface area (Å²) in [6.07, 6.45) is 3.11.